The molecule has 96 valence electrons. The number of para-hydroxylation sites is 1. The molecule has 1 fully saturated rings. The zero-order chi connectivity index (χ0) is 13.0. The number of hydrogen-bond acceptors (Lipinski definition) is 4. The standard InChI is InChI=1S/C12H12FNO4/c13-10-3-1-2-9(8-15)11(10)18-12(16)14-4-6-17-7-5-14/h1-3,8H,4-7H2. The van der Waals surface area contributed by atoms with Crippen molar-refractivity contribution < 1.29 is 23.5 Å². The minimum Gasteiger partial charge on any atom is -0.406 e. The third-order valence-electron chi connectivity index (χ3n) is 2.58. The third kappa shape index (κ3) is 2.65. The number of aldehydes is 1. The van der Waals surface area contributed by atoms with Crippen molar-refractivity contribution in [3.63, 3.8) is 0 Å². The van der Waals surface area contributed by atoms with E-state index >= 15 is 0 Å². The fraction of sp³-hybridized carbons (Fsp3) is 0.333. The van der Waals surface area contributed by atoms with Gasteiger partial charge in [-0.05, 0) is 12.1 Å². The minimum absolute atomic E-state index is 0.0107. The van der Waals surface area contributed by atoms with E-state index in [4.69, 9.17) is 9.47 Å². The Morgan fingerprint density at radius 1 is 1.39 bits per heavy atom. The molecule has 0 atom stereocenters. The summed E-state index contributed by atoms with van der Waals surface area (Å²) in [5.74, 6) is -1.06. The summed E-state index contributed by atoms with van der Waals surface area (Å²) in [6.45, 7) is 1.63. The van der Waals surface area contributed by atoms with Crippen LogP contribution in [-0.2, 0) is 4.74 Å². The molecule has 1 heterocycles. The van der Waals surface area contributed by atoms with Gasteiger partial charge in [-0.2, -0.15) is 0 Å². The van der Waals surface area contributed by atoms with Gasteiger partial charge in [-0.1, -0.05) is 6.07 Å². The van der Waals surface area contributed by atoms with Crippen LogP contribution in [0.25, 0.3) is 0 Å². The van der Waals surface area contributed by atoms with Crippen LogP contribution in [0.5, 0.6) is 5.75 Å². The Bertz CT molecular complexity index is 457. The second-order valence-electron chi connectivity index (χ2n) is 3.74. The van der Waals surface area contributed by atoms with Crippen LogP contribution < -0.4 is 4.74 Å². The van der Waals surface area contributed by atoms with E-state index in [0.717, 1.165) is 6.07 Å². The van der Waals surface area contributed by atoms with Gasteiger partial charge < -0.3 is 14.4 Å². The first kappa shape index (κ1) is 12.5. The molecule has 0 aromatic heterocycles. The molecule has 6 heteroatoms. The molecule has 1 saturated heterocycles. The largest absolute Gasteiger partial charge is 0.415 e. The van der Waals surface area contributed by atoms with Crippen LogP contribution in [0.3, 0.4) is 0 Å². The van der Waals surface area contributed by atoms with Gasteiger partial charge in [0, 0.05) is 13.1 Å². The smallest absolute Gasteiger partial charge is 0.406 e. The van der Waals surface area contributed by atoms with Gasteiger partial charge in [0.1, 0.15) is 0 Å². The molecule has 1 aromatic rings. The number of benzene rings is 1. The van der Waals surface area contributed by atoms with Crippen LogP contribution >= 0.6 is 0 Å². The summed E-state index contributed by atoms with van der Waals surface area (Å²) in [4.78, 5) is 23.9. The molecule has 0 radical (unpaired) electrons. The van der Waals surface area contributed by atoms with Crippen molar-refractivity contribution in [2.45, 2.75) is 0 Å². The summed E-state index contributed by atoms with van der Waals surface area (Å²) < 4.78 is 23.5. The van der Waals surface area contributed by atoms with Crippen LogP contribution in [-0.4, -0.2) is 43.6 Å². The topological polar surface area (TPSA) is 55.8 Å². The molecular formula is C12H12FNO4. The van der Waals surface area contributed by atoms with Crippen molar-refractivity contribution >= 4 is 12.4 Å². The van der Waals surface area contributed by atoms with Crippen molar-refractivity contribution in [3.8, 4) is 5.75 Å². The third-order valence-corrected chi connectivity index (χ3v) is 2.58. The summed E-state index contributed by atoms with van der Waals surface area (Å²) >= 11 is 0. The molecule has 0 saturated carbocycles. The molecule has 1 aliphatic rings. The van der Waals surface area contributed by atoms with Crippen LogP contribution in [0.1, 0.15) is 10.4 Å². The molecule has 18 heavy (non-hydrogen) atoms. The van der Waals surface area contributed by atoms with Crippen molar-refractivity contribution in [3.05, 3.63) is 29.6 Å². The molecule has 2 rings (SSSR count). The fourth-order valence-corrected chi connectivity index (χ4v) is 1.62. The number of carbonyl (C=O) groups is 2. The SMILES string of the molecule is O=Cc1cccc(F)c1OC(=O)N1CCOCC1. The molecule has 1 amide bonds. The summed E-state index contributed by atoms with van der Waals surface area (Å²) in [5, 5.41) is 0. The molecule has 0 bridgehead atoms. The minimum atomic E-state index is -0.735. The number of hydrogen-bond donors (Lipinski definition) is 0. The van der Waals surface area contributed by atoms with Crippen molar-refractivity contribution in [2.24, 2.45) is 0 Å². The first-order valence-electron chi connectivity index (χ1n) is 5.50. The van der Waals surface area contributed by atoms with Crippen LogP contribution in [0.4, 0.5) is 9.18 Å². The van der Waals surface area contributed by atoms with Gasteiger partial charge in [0.05, 0.1) is 18.8 Å². The van der Waals surface area contributed by atoms with Crippen molar-refractivity contribution in [1.82, 2.24) is 4.90 Å². The van der Waals surface area contributed by atoms with E-state index < -0.39 is 11.9 Å². The van der Waals surface area contributed by atoms with Gasteiger partial charge in [0.15, 0.2) is 17.9 Å². The summed E-state index contributed by atoms with van der Waals surface area (Å²) in [6.07, 6.45) is -0.225. The molecule has 0 N–H and O–H groups in total. The Morgan fingerprint density at radius 2 is 2.11 bits per heavy atom. The molecule has 5 nitrogen and oxygen atoms in total. The van der Waals surface area contributed by atoms with Gasteiger partial charge in [-0.25, -0.2) is 9.18 Å². The zero-order valence-electron chi connectivity index (χ0n) is 9.60. The van der Waals surface area contributed by atoms with E-state index in [1.807, 2.05) is 0 Å². The lowest BCUT2D eigenvalue weighted by molar-refractivity contribution is 0.0412. The van der Waals surface area contributed by atoms with Gasteiger partial charge in [0.2, 0.25) is 0 Å². The monoisotopic (exact) mass is 253 g/mol. The zero-order valence-corrected chi connectivity index (χ0v) is 9.60. The molecule has 0 aliphatic carbocycles. The average Bonchev–Trinajstić information content (AvgIpc) is 2.42. The summed E-state index contributed by atoms with van der Waals surface area (Å²) in [6, 6.07) is 3.90. The summed E-state index contributed by atoms with van der Waals surface area (Å²) in [5.41, 5.74) is 0.0107. The molecule has 0 unspecified atom stereocenters. The highest BCUT2D eigenvalue weighted by molar-refractivity contribution is 5.82. The average molecular weight is 253 g/mol. The molecule has 0 spiro atoms. The van der Waals surface area contributed by atoms with E-state index in [0.29, 0.717) is 32.6 Å². The number of carbonyl (C=O) groups excluding carboxylic acids is 2. The predicted molar refractivity (Wildman–Crippen MR) is 60.2 cm³/mol. The number of amides is 1. The lowest BCUT2D eigenvalue weighted by Gasteiger charge is -2.26. The summed E-state index contributed by atoms with van der Waals surface area (Å²) in [7, 11) is 0. The van der Waals surface area contributed by atoms with Crippen molar-refractivity contribution in [1.29, 1.82) is 0 Å². The predicted octanol–water partition coefficient (Wildman–Crippen LogP) is 1.47. The normalized spacial score (nSPS) is 15.3. The van der Waals surface area contributed by atoms with Crippen LogP contribution in [0.15, 0.2) is 18.2 Å². The molecule has 1 aliphatic heterocycles. The van der Waals surface area contributed by atoms with Gasteiger partial charge >= 0.3 is 6.09 Å². The highest BCUT2D eigenvalue weighted by Gasteiger charge is 2.21. The van der Waals surface area contributed by atoms with Gasteiger partial charge in [0.25, 0.3) is 0 Å². The van der Waals surface area contributed by atoms with E-state index in [-0.39, 0.29) is 11.3 Å². The maximum absolute atomic E-state index is 13.5. The highest BCUT2D eigenvalue weighted by Crippen LogP contribution is 2.22. The lowest BCUT2D eigenvalue weighted by Crippen LogP contribution is -2.42. The Balaban J connectivity index is 2.13. The fourth-order valence-electron chi connectivity index (χ4n) is 1.62. The van der Waals surface area contributed by atoms with Gasteiger partial charge in [-0.15, -0.1) is 0 Å². The number of nitrogens with zero attached hydrogens (tertiary/aromatic N) is 1. The van der Waals surface area contributed by atoms with E-state index in [1.165, 1.54) is 17.0 Å². The Labute approximate surface area is 103 Å². The maximum Gasteiger partial charge on any atom is 0.415 e. The van der Waals surface area contributed by atoms with E-state index in [9.17, 15) is 14.0 Å². The highest BCUT2D eigenvalue weighted by atomic mass is 19.1. The second kappa shape index (κ2) is 5.59. The number of rotatable bonds is 2. The Kier molecular flexibility index (Phi) is 3.88. The number of halogens is 1. The quantitative estimate of drug-likeness (QED) is 0.749. The molecule has 1 aromatic carbocycles. The van der Waals surface area contributed by atoms with Crippen molar-refractivity contribution in [2.75, 3.05) is 26.3 Å². The molecular weight excluding hydrogens is 241 g/mol. The first-order valence-corrected chi connectivity index (χ1v) is 5.50. The number of ether oxygens (including phenoxy) is 2. The lowest BCUT2D eigenvalue weighted by atomic mass is 10.2. The van der Waals surface area contributed by atoms with Crippen LogP contribution in [0.2, 0.25) is 0 Å². The van der Waals surface area contributed by atoms with E-state index in [1.54, 1.807) is 0 Å². The van der Waals surface area contributed by atoms with E-state index in [2.05, 4.69) is 0 Å². The maximum atomic E-state index is 13.5. The van der Waals surface area contributed by atoms with Crippen LogP contribution in [0, 0.1) is 5.82 Å². The van der Waals surface area contributed by atoms with Gasteiger partial charge in [-0.3, -0.25) is 4.79 Å². The second-order valence-corrected chi connectivity index (χ2v) is 3.74. The first-order chi connectivity index (χ1) is 8.72. The Hall–Kier alpha value is -1.95. The Morgan fingerprint density at radius 3 is 2.78 bits per heavy atom. The number of morpholine rings is 1.